The maximum Gasteiger partial charge on any atom is 0.233 e. The van der Waals surface area contributed by atoms with Crippen LogP contribution < -0.4 is 0 Å². The Morgan fingerprint density at radius 2 is 2.11 bits per heavy atom. The van der Waals surface area contributed by atoms with Crippen molar-refractivity contribution in [3.63, 3.8) is 0 Å². The van der Waals surface area contributed by atoms with Crippen molar-refractivity contribution in [1.82, 2.24) is 14.8 Å². The number of hydrogen-bond acceptors (Lipinski definition) is 3. The summed E-state index contributed by atoms with van der Waals surface area (Å²) in [4.78, 5) is 3.77. The first-order valence-electron chi connectivity index (χ1n) is 6.45. The highest BCUT2D eigenvalue weighted by Crippen LogP contribution is 2.37. The van der Waals surface area contributed by atoms with Crippen molar-refractivity contribution in [1.29, 1.82) is 0 Å². The quantitative estimate of drug-likeness (QED) is 0.871. The van der Waals surface area contributed by atoms with Crippen LogP contribution in [0, 0.1) is 0 Å². The van der Waals surface area contributed by atoms with E-state index < -0.39 is 11.9 Å². The summed E-state index contributed by atoms with van der Waals surface area (Å²) in [6.45, 7) is 1.98. The SMILES string of the molecule is CCCCC(F)(C(O)c1ccccc1)n1cncn1. The van der Waals surface area contributed by atoms with Crippen LogP contribution in [-0.4, -0.2) is 19.9 Å². The van der Waals surface area contributed by atoms with Gasteiger partial charge in [0.1, 0.15) is 18.8 Å². The third-order valence-corrected chi connectivity index (χ3v) is 3.21. The fraction of sp³-hybridized carbons (Fsp3) is 0.429. The van der Waals surface area contributed by atoms with Gasteiger partial charge in [0.25, 0.3) is 0 Å². The Kier molecular flexibility index (Phi) is 4.27. The zero-order chi connectivity index (χ0) is 13.7. The van der Waals surface area contributed by atoms with Crippen molar-refractivity contribution < 1.29 is 9.50 Å². The summed E-state index contributed by atoms with van der Waals surface area (Å²) in [5, 5.41) is 14.2. The molecule has 5 heteroatoms. The maximum absolute atomic E-state index is 15.2. The van der Waals surface area contributed by atoms with Gasteiger partial charge < -0.3 is 5.11 Å². The van der Waals surface area contributed by atoms with Crippen molar-refractivity contribution >= 4 is 0 Å². The normalized spacial score (nSPS) is 15.9. The van der Waals surface area contributed by atoms with E-state index in [1.165, 1.54) is 12.7 Å². The van der Waals surface area contributed by atoms with Gasteiger partial charge in [-0.1, -0.05) is 43.7 Å². The summed E-state index contributed by atoms with van der Waals surface area (Å²) in [5.74, 6) is -1.96. The second-order valence-electron chi connectivity index (χ2n) is 4.58. The topological polar surface area (TPSA) is 50.9 Å². The van der Waals surface area contributed by atoms with E-state index in [0.717, 1.165) is 11.1 Å². The van der Waals surface area contributed by atoms with Crippen LogP contribution in [-0.2, 0) is 5.79 Å². The van der Waals surface area contributed by atoms with Crippen LogP contribution in [0.5, 0.6) is 0 Å². The van der Waals surface area contributed by atoms with Crippen molar-refractivity contribution in [3.8, 4) is 0 Å². The fourth-order valence-corrected chi connectivity index (χ4v) is 2.09. The van der Waals surface area contributed by atoms with Gasteiger partial charge in [0.05, 0.1) is 0 Å². The van der Waals surface area contributed by atoms with Gasteiger partial charge in [-0.25, -0.2) is 14.1 Å². The highest BCUT2D eigenvalue weighted by molar-refractivity contribution is 5.19. The largest absolute Gasteiger partial charge is 0.383 e. The lowest BCUT2D eigenvalue weighted by Crippen LogP contribution is -2.36. The number of aliphatic hydroxyl groups is 1. The van der Waals surface area contributed by atoms with Gasteiger partial charge in [0, 0.05) is 6.42 Å². The average Bonchev–Trinajstić information content (AvgIpc) is 2.99. The lowest BCUT2D eigenvalue weighted by molar-refractivity contribution is -0.0875. The number of halogens is 1. The second-order valence-corrected chi connectivity index (χ2v) is 4.58. The zero-order valence-electron chi connectivity index (χ0n) is 10.9. The number of alkyl halides is 1. The molecule has 0 radical (unpaired) electrons. The molecule has 102 valence electrons. The monoisotopic (exact) mass is 263 g/mol. The summed E-state index contributed by atoms with van der Waals surface area (Å²) in [6.07, 6.45) is 3.03. The van der Waals surface area contributed by atoms with Gasteiger partial charge in [0.2, 0.25) is 5.79 Å². The minimum atomic E-state index is -1.96. The van der Waals surface area contributed by atoms with Crippen LogP contribution >= 0.6 is 0 Å². The van der Waals surface area contributed by atoms with E-state index in [0.29, 0.717) is 12.0 Å². The lowest BCUT2D eigenvalue weighted by atomic mass is 9.95. The number of aromatic nitrogens is 3. The molecule has 4 nitrogen and oxygen atoms in total. The first kappa shape index (κ1) is 13.7. The average molecular weight is 263 g/mol. The standard InChI is InChI=1S/C14H18FN3O/c1-2-3-9-14(15,18-11-16-10-17-18)13(19)12-7-5-4-6-8-12/h4-8,10-11,13,19H,2-3,9H2,1H3. The minimum absolute atomic E-state index is 0.197. The van der Waals surface area contributed by atoms with Crippen LogP contribution in [0.3, 0.4) is 0 Å². The molecule has 0 saturated heterocycles. The molecule has 0 aliphatic carbocycles. The summed E-state index contributed by atoms with van der Waals surface area (Å²) in [6, 6.07) is 8.81. The summed E-state index contributed by atoms with van der Waals surface area (Å²) in [7, 11) is 0. The van der Waals surface area contributed by atoms with Crippen molar-refractivity contribution in [2.75, 3.05) is 0 Å². The number of aliphatic hydroxyl groups excluding tert-OH is 1. The molecule has 19 heavy (non-hydrogen) atoms. The van der Waals surface area contributed by atoms with Gasteiger partial charge in [-0.2, -0.15) is 5.10 Å². The van der Waals surface area contributed by atoms with E-state index in [9.17, 15) is 5.11 Å². The van der Waals surface area contributed by atoms with Crippen LogP contribution in [0.2, 0.25) is 0 Å². The Bertz CT molecular complexity index is 489. The van der Waals surface area contributed by atoms with Crippen LogP contribution in [0.15, 0.2) is 43.0 Å². The highest BCUT2D eigenvalue weighted by atomic mass is 19.1. The van der Waals surface area contributed by atoms with Gasteiger partial charge >= 0.3 is 0 Å². The molecule has 0 spiro atoms. The molecule has 0 aliphatic heterocycles. The van der Waals surface area contributed by atoms with E-state index in [-0.39, 0.29) is 6.42 Å². The Hall–Kier alpha value is -1.75. The van der Waals surface area contributed by atoms with E-state index in [2.05, 4.69) is 10.1 Å². The molecule has 2 rings (SSSR count). The third-order valence-electron chi connectivity index (χ3n) is 3.21. The van der Waals surface area contributed by atoms with Crippen molar-refractivity contribution in [2.45, 2.75) is 38.1 Å². The number of benzene rings is 1. The molecule has 0 fully saturated rings. The van der Waals surface area contributed by atoms with E-state index >= 15 is 4.39 Å². The predicted molar refractivity (Wildman–Crippen MR) is 70.0 cm³/mol. The second kappa shape index (κ2) is 5.93. The Morgan fingerprint density at radius 1 is 1.37 bits per heavy atom. The molecule has 0 bridgehead atoms. The first-order chi connectivity index (χ1) is 9.18. The van der Waals surface area contributed by atoms with Crippen molar-refractivity contribution in [2.24, 2.45) is 0 Å². The molecular weight excluding hydrogens is 245 g/mol. The Labute approximate surface area is 111 Å². The van der Waals surface area contributed by atoms with Gasteiger partial charge in [-0.3, -0.25) is 0 Å². The van der Waals surface area contributed by atoms with Crippen molar-refractivity contribution in [3.05, 3.63) is 48.5 Å². The molecule has 1 N–H and O–H groups in total. The van der Waals surface area contributed by atoms with E-state index in [1.54, 1.807) is 24.3 Å². The molecular formula is C14H18FN3O. The maximum atomic E-state index is 15.2. The molecule has 0 saturated carbocycles. The van der Waals surface area contributed by atoms with Crippen LogP contribution in [0.1, 0.15) is 37.9 Å². The van der Waals surface area contributed by atoms with Gasteiger partial charge in [-0.05, 0) is 12.0 Å². The first-order valence-corrected chi connectivity index (χ1v) is 6.45. The van der Waals surface area contributed by atoms with Crippen LogP contribution in [0.4, 0.5) is 4.39 Å². The van der Waals surface area contributed by atoms with Gasteiger partial charge in [-0.15, -0.1) is 0 Å². The molecule has 2 atom stereocenters. The molecule has 2 aromatic rings. The summed E-state index contributed by atoms with van der Waals surface area (Å²) >= 11 is 0. The van der Waals surface area contributed by atoms with E-state index in [4.69, 9.17) is 0 Å². The predicted octanol–water partition coefficient (Wildman–Crippen LogP) is 2.82. The third kappa shape index (κ3) is 2.81. The molecule has 1 heterocycles. The Balaban J connectivity index is 2.32. The molecule has 1 aromatic carbocycles. The molecule has 0 aliphatic rings. The summed E-state index contributed by atoms with van der Waals surface area (Å²) < 4.78 is 16.3. The minimum Gasteiger partial charge on any atom is -0.383 e. The van der Waals surface area contributed by atoms with E-state index in [1.807, 2.05) is 13.0 Å². The summed E-state index contributed by atoms with van der Waals surface area (Å²) in [5.41, 5.74) is 0.539. The number of unbranched alkanes of at least 4 members (excludes halogenated alkanes) is 1. The Morgan fingerprint density at radius 3 is 2.68 bits per heavy atom. The molecule has 1 aromatic heterocycles. The number of hydrogen-bond donors (Lipinski definition) is 1. The highest BCUT2D eigenvalue weighted by Gasteiger charge is 2.41. The lowest BCUT2D eigenvalue weighted by Gasteiger charge is -2.30. The number of nitrogens with zero attached hydrogens (tertiary/aromatic N) is 3. The van der Waals surface area contributed by atoms with Gasteiger partial charge in [0.15, 0.2) is 0 Å². The van der Waals surface area contributed by atoms with Crippen LogP contribution in [0.25, 0.3) is 0 Å². The fourth-order valence-electron chi connectivity index (χ4n) is 2.09. The zero-order valence-corrected chi connectivity index (χ0v) is 10.9. The smallest absolute Gasteiger partial charge is 0.233 e. The number of rotatable bonds is 6. The molecule has 2 unspecified atom stereocenters. The molecule has 0 amide bonds.